The van der Waals surface area contributed by atoms with Crippen molar-refractivity contribution in [3.63, 3.8) is 0 Å². The van der Waals surface area contributed by atoms with Crippen molar-refractivity contribution in [1.82, 2.24) is 9.88 Å². The molecule has 0 unspecified atom stereocenters. The summed E-state index contributed by atoms with van der Waals surface area (Å²) in [5, 5.41) is 4.57. The second kappa shape index (κ2) is 8.66. The van der Waals surface area contributed by atoms with E-state index in [1.807, 2.05) is 56.6 Å². The number of thiazole rings is 1. The molecule has 0 saturated heterocycles. The van der Waals surface area contributed by atoms with Crippen molar-refractivity contribution in [2.24, 2.45) is 4.99 Å². The smallest absolute Gasteiger partial charge is 0.436 e. The van der Waals surface area contributed by atoms with Crippen LogP contribution < -0.4 is 10.1 Å². The molecule has 8 heteroatoms. The first-order valence-electron chi connectivity index (χ1n) is 8.23. The van der Waals surface area contributed by atoms with Crippen molar-refractivity contribution < 1.29 is 19.1 Å². The molecule has 0 atom stereocenters. The lowest BCUT2D eigenvalue weighted by Gasteiger charge is -2.20. The zero-order valence-electron chi connectivity index (χ0n) is 15.3. The normalized spacial score (nSPS) is 11.9. The molecule has 7 nitrogen and oxygen atoms in total. The molecule has 0 aliphatic rings. The maximum Gasteiger partial charge on any atom is 0.436 e. The maximum absolute atomic E-state index is 11.9. The maximum atomic E-state index is 11.9. The second-order valence-corrected chi connectivity index (χ2v) is 7.22. The highest BCUT2D eigenvalue weighted by atomic mass is 32.1. The van der Waals surface area contributed by atoms with Crippen molar-refractivity contribution in [2.75, 3.05) is 6.61 Å². The Bertz CT molecular complexity index is 833. The number of hydrogen-bond acceptors (Lipinski definition) is 5. The Balaban J connectivity index is 2.24. The van der Waals surface area contributed by atoms with E-state index in [0.717, 1.165) is 11.3 Å². The van der Waals surface area contributed by atoms with Gasteiger partial charge in [0.1, 0.15) is 5.60 Å². The van der Waals surface area contributed by atoms with Gasteiger partial charge in [-0.1, -0.05) is 18.2 Å². The molecule has 0 bridgehead atoms. The van der Waals surface area contributed by atoms with Gasteiger partial charge in [0, 0.05) is 18.1 Å². The molecule has 0 spiro atoms. The van der Waals surface area contributed by atoms with Gasteiger partial charge in [-0.15, -0.1) is 16.3 Å². The fraction of sp³-hybridized carbons (Fsp3) is 0.389. The summed E-state index contributed by atoms with van der Waals surface area (Å²) in [7, 11) is 0. The third-order valence-electron chi connectivity index (χ3n) is 3.12. The van der Waals surface area contributed by atoms with E-state index in [4.69, 9.17) is 9.47 Å². The van der Waals surface area contributed by atoms with Crippen molar-refractivity contribution in [3.05, 3.63) is 46.2 Å². The first-order chi connectivity index (χ1) is 12.3. The summed E-state index contributed by atoms with van der Waals surface area (Å²) in [6.45, 7) is 7.71. The number of nitrogens with zero attached hydrogens (tertiary/aromatic N) is 2. The number of aromatic nitrogens is 1. The van der Waals surface area contributed by atoms with E-state index in [0.29, 0.717) is 4.80 Å². The van der Waals surface area contributed by atoms with Crippen LogP contribution in [-0.2, 0) is 16.0 Å². The molecule has 1 heterocycles. The Labute approximate surface area is 156 Å². The Kier molecular flexibility index (Phi) is 6.57. The summed E-state index contributed by atoms with van der Waals surface area (Å²) in [5.74, 6) is 0. The average molecular weight is 377 g/mol. The van der Waals surface area contributed by atoms with Crippen LogP contribution in [-0.4, -0.2) is 29.0 Å². The summed E-state index contributed by atoms with van der Waals surface area (Å²) in [5.41, 5.74) is 1.12. The van der Waals surface area contributed by atoms with Gasteiger partial charge in [-0.3, -0.25) is 4.57 Å². The quantitative estimate of drug-likeness (QED) is 0.882. The molecule has 0 radical (unpaired) electrons. The minimum absolute atomic E-state index is 0.268. The lowest BCUT2D eigenvalue weighted by molar-refractivity contribution is 0.0523. The Morgan fingerprint density at radius 2 is 2.00 bits per heavy atom. The molecule has 1 aromatic carbocycles. The summed E-state index contributed by atoms with van der Waals surface area (Å²) < 4.78 is 11.9. The van der Waals surface area contributed by atoms with Gasteiger partial charge in [0.05, 0.1) is 12.3 Å². The molecule has 2 rings (SSSR count). The summed E-state index contributed by atoms with van der Waals surface area (Å²) >= 11 is 1.32. The van der Waals surface area contributed by atoms with E-state index >= 15 is 0 Å². The fourth-order valence-electron chi connectivity index (χ4n) is 2.15. The van der Waals surface area contributed by atoms with Crippen molar-refractivity contribution in [2.45, 2.75) is 39.8 Å². The summed E-state index contributed by atoms with van der Waals surface area (Å²) in [6.07, 6.45) is 0.696. The molecule has 0 saturated carbocycles. The third kappa shape index (κ3) is 5.73. The molecule has 1 N–H and O–H groups in total. The van der Waals surface area contributed by atoms with Crippen LogP contribution in [0.25, 0.3) is 5.69 Å². The van der Waals surface area contributed by atoms with Crippen molar-refractivity contribution in [1.29, 1.82) is 0 Å². The zero-order chi connectivity index (χ0) is 19.2. The molecular weight excluding hydrogens is 354 g/mol. The fourth-order valence-corrected chi connectivity index (χ4v) is 2.85. The molecule has 26 heavy (non-hydrogen) atoms. The SMILES string of the molecule is CCOC(=O)/N=c1\sccn1-c1ccccc1CNC(=O)OC(C)(C)C. The van der Waals surface area contributed by atoms with E-state index in [2.05, 4.69) is 10.3 Å². The molecule has 1 aromatic heterocycles. The van der Waals surface area contributed by atoms with E-state index < -0.39 is 17.8 Å². The van der Waals surface area contributed by atoms with E-state index in [9.17, 15) is 9.59 Å². The van der Waals surface area contributed by atoms with Crippen LogP contribution >= 0.6 is 11.3 Å². The number of ether oxygens (including phenoxy) is 2. The summed E-state index contributed by atoms with van der Waals surface area (Å²) in [4.78, 5) is 28.0. The van der Waals surface area contributed by atoms with Gasteiger partial charge in [-0.2, -0.15) is 0 Å². The standard InChI is InChI=1S/C18H23N3O4S/c1-5-24-17(23)20-15-21(10-11-26-15)14-9-7-6-8-13(14)12-19-16(22)25-18(2,3)4/h6-11H,5,12H2,1-4H3,(H,19,22)/b20-15-. The lowest BCUT2D eigenvalue weighted by atomic mass is 10.1. The molecule has 140 valence electrons. The van der Waals surface area contributed by atoms with Crippen molar-refractivity contribution in [3.8, 4) is 5.69 Å². The van der Waals surface area contributed by atoms with Gasteiger partial charge in [-0.25, -0.2) is 9.59 Å². The first-order valence-corrected chi connectivity index (χ1v) is 9.11. The van der Waals surface area contributed by atoms with Crippen molar-refractivity contribution >= 4 is 23.5 Å². The number of nitrogens with one attached hydrogen (secondary N) is 1. The van der Waals surface area contributed by atoms with Crippen LogP contribution in [0, 0.1) is 0 Å². The second-order valence-electron chi connectivity index (χ2n) is 6.35. The highest BCUT2D eigenvalue weighted by Gasteiger charge is 2.16. The number of carbonyl (C=O) groups is 2. The van der Waals surface area contributed by atoms with E-state index in [1.165, 1.54) is 11.3 Å². The van der Waals surface area contributed by atoms with Gasteiger partial charge in [-0.05, 0) is 39.3 Å². The van der Waals surface area contributed by atoms with Crippen LogP contribution in [0.2, 0.25) is 0 Å². The van der Waals surface area contributed by atoms with Gasteiger partial charge < -0.3 is 14.8 Å². The van der Waals surface area contributed by atoms with Crippen LogP contribution in [0.5, 0.6) is 0 Å². The lowest BCUT2D eigenvalue weighted by Crippen LogP contribution is -2.32. The topological polar surface area (TPSA) is 81.9 Å². The largest absolute Gasteiger partial charge is 0.448 e. The summed E-state index contributed by atoms with van der Waals surface area (Å²) in [6, 6.07) is 7.55. The highest BCUT2D eigenvalue weighted by Crippen LogP contribution is 2.14. The average Bonchev–Trinajstić information content (AvgIpc) is 2.99. The molecule has 0 aliphatic heterocycles. The molecule has 2 amide bonds. The molecule has 2 aromatic rings. The number of carbonyl (C=O) groups excluding carboxylic acids is 2. The monoisotopic (exact) mass is 377 g/mol. The van der Waals surface area contributed by atoms with Gasteiger partial charge in [0.15, 0.2) is 0 Å². The van der Waals surface area contributed by atoms with Crippen LogP contribution in [0.4, 0.5) is 9.59 Å². The predicted octanol–water partition coefficient (Wildman–Crippen LogP) is 3.62. The number of para-hydroxylation sites is 1. The van der Waals surface area contributed by atoms with Crippen LogP contribution in [0.15, 0.2) is 40.8 Å². The van der Waals surface area contributed by atoms with Crippen LogP contribution in [0.1, 0.15) is 33.3 Å². The minimum Gasteiger partial charge on any atom is -0.448 e. The number of hydrogen-bond donors (Lipinski definition) is 1. The Hall–Kier alpha value is -2.61. The number of benzene rings is 1. The van der Waals surface area contributed by atoms with E-state index in [1.54, 1.807) is 11.5 Å². The highest BCUT2D eigenvalue weighted by molar-refractivity contribution is 7.07. The molecular formula is C18H23N3O4S. The van der Waals surface area contributed by atoms with Gasteiger partial charge in [0.25, 0.3) is 0 Å². The minimum atomic E-state index is -0.631. The Morgan fingerprint density at radius 1 is 1.27 bits per heavy atom. The van der Waals surface area contributed by atoms with Gasteiger partial charge >= 0.3 is 12.2 Å². The van der Waals surface area contributed by atoms with E-state index in [-0.39, 0.29) is 13.2 Å². The molecule has 0 aliphatic carbocycles. The van der Waals surface area contributed by atoms with Crippen LogP contribution in [0.3, 0.4) is 0 Å². The predicted molar refractivity (Wildman–Crippen MR) is 99.3 cm³/mol. The number of rotatable bonds is 4. The Morgan fingerprint density at radius 3 is 2.69 bits per heavy atom. The first kappa shape index (κ1) is 19.7. The zero-order valence-corrected chi connectivity index (χ0v) is 16.1. The number of amides is 2. The molecule has 0 fully saturated rings. The third-order valence-corrected chi connectivity index (χ3v) is 3.87. The van der Waals surface area contributed by atoms with Gasteiger partial charge in [0.2, 0.25) is 4.80 Å². The number of alkyl carbamates (subject to hydrolysis) is 1.